The lowest BCUT2D eigenvalue weighted by Crippen LogP contribution is -2.29. The average molecular weight is 921 g/mol. The lowest BCUT2D eigenvalue weighted by atomic mass is 10.0. The molecule has 0 aromatic rings. The first-order valence-electron chi connectivity index (χ1n) is 26.9. The molecule has 0 amide bonds. The number of hydrogen-bond acceptors (Lipinski definition) is 6. The zero-order chi connectivity index (χ0) is 46.7. The van der Waals surface area contributed by atoms with Crippen LogP contribution in [0, 0.1) is 0 Å². The Morgan fingerprint density at radius 3 is 1.03 bits per heavy atom. The van der Waals surface area contributed by atoms with Crippen molar-refractivity contribution in [1.82, 2.24) is 0 Å². The van der Waals surface area contributed by atoms with Crippen LogP contribution in [-0.2, 0) is 28.2 Å². The zero-order valence-electron chi connectivity index (χ0n) is 41.7. The molecule has 0 saturated carbocycles. The van der Waals surface area contributed by atoms with E-state index in [4.69, 9.17) is 19.3 Å². The maximum absolute atomic E-state index is 12.5. The summed E-state index contributed by atoms with van der Waals surface area (Å²) >= 11 is 0. The van der Waals surface area contributed by atoms with E-state index in [1.807, 2.05) is 0 Å². The van der Waals surface area contributed by atoms with Gasteiger partial charge in [-0.15, -0.1) is 0 Å². The zero-order valence-corrected chi connectivity index (χ0v) is 42.6. The molecule has 0 aliphatic carbocycles. The van der Waals surface area contributed by atoms with E-state index in [1.165, 1.54) is 186 Å². The maximum atomic E-state index is 12.5. The van der Waals surface area contributed by atoms with Gasteiger partial charge in [-0.2, -0.15) is 0 Å². The van der Waals surface area contributed by atoms with Crippen LogP contribution >= 0.6 is 7.82 Å². The Hall–Kier alpha value is -1.99. The number of hydrogen-bond donors (Lipinski definition) is 2. The molecule has 2 N–H and O–H groups in total. The van der Waals surface area contributed by atoms with E-state index in [0.29, 0.717) is 6.42 Å². The number of rotatable bonds is 50. The number of carbonyl (C=O) groups is 2. The summed E-state index contributed by atoms with van der Waals surface area (Å²) in [6.07, 6.45) is 64.2. The third kappa shape index (κ3) is 52.6. The van der Waals surface area contributed by atoms with E-state index >= 15 is 0 Å². The van der Waals surface area contributed by atoms with Crippen LogP contribution in [0.4, 0.5) is 0 Å². The first-order valence-corrected chi connectivity index (χ1v) is 28.5. The molecule has 0 aromatic heterocycles. The predicted molar refractivity (Wildman–Crippen MR) is 271 cm³/mol. The number of unbranched alkanes of at least 4 members (excludes halogenated alkanes) is 32. The van der Waals surface area contributed by atoms with E-state index in [-0.39, 0.29) is 19.4 Å². The Bertz CT molecular complexity index is 1170. The standard InChI is InChI=1S/C55H101O8P/c1-3-5-7-9-11-13-15-17-19-21-23-25-27-29-31-33-35-37-39-41-43-45-47-49-54(56)61-51-53(52-62-64(58,59)60)63-55(57)50-48-46-44-42-40-38-36-34-32-30-28-26-24-22-20-18-16-14-12-10-8-6-4-2/h15-18,21-24,53H,3-14,19-20,25-52H2,1-2H3,(H2,58,59,60)/b17-15-,18-16-,23-21-,24-22-. The number of phosphoric ester groups is 1. The van der Waals surface area contributed by atoms with Crippen molar-refractivity contribution in [1.29, 1.82) is 0 Å². The SMILES string of the molecule is CCCCCCC/C=C\C/C=C\CCCCCCCCCCCCCC(=O)OCC(COP(=O)(O)O)OC(=O)CCCCCCCCCCCCC/C=C\C/C=C\CCCCCCC. The Labute approximate surface area is 394 Å². The molecule has 1 unspecified atom stereocenters. The number of phosphoric acid groups is 1. The predicted octanol–water partition coefficient (Wildman–Crippen LogP) is 17.4. The van der Waals surface area contributed by atoms with Crippen molar-refractivity contribution >= 4 is 19.8 Å². The smallest absolute Gasteiger partial charge is 0.462 e. The third-order valence-electron chi connectivity index (χ3n) is 11.8. The second kappa shape index (κ2) is 50.4. The molecule has 0 spiro atoms. The van der Waals surface area contributed by atoms with Crippen molar-refractivity contribution in [2.75, 3.05) is 13.2 Å². The summed E-state index contributed by atoms with van der Waals surface area (Å²) in [5, 5.41) is 0. The van der Waals surface area contributed by atoms with Crippen LogP contribution in [0.2, 0.25) is 0 Å². The lowest BCUT2D eigenvalue weighted by Gasteiger charge is -2.18. The molecular weight excluding hydrogens is 820 g/mol. The fourth-order valence-corrected chi connectivity index (χ4v) is 8.15. The summed E-state index contributed by atoms with van der Waals surface area (Å²) in [6, 6.07) is 0. The van der Waals surface area contributed by atoms with Gasteiger partial charge in [0.15, 0.2) is 6.10 Å². The van der Waals surface area contributed by atoms with Crippen LogP contribution in [0.3, 0.4) is 0 Å². The van der Waals surface area contributed by atoms with Gasteiger partial charge in [0.1, 0.15) is 6.61 Å². The minimum atomic E-state index is -4.76. The molecule has 374 valence electrons. The molecule has 0 aliphatic heterocycles. The highest BCUT2D eigenvalue weighted by atomic mass is 31.2. The highest BCUT2D eigenvalue weighted by Crippen LogP contribution is 2.36. The molecule has 0 radical (unpaired) electrons. The van der Waals surface area contributed by atoms with Crippen molar-refractivity contribution in [2.24, 2.45) is 0 Å². The van der Waals surface area contributed by atoms with Gasteiger partial charge in [0.25, 0.3) is 0 Å². The van der Waals surface area contributed by atoms with Gasteiger partial charge in [-0.3, -0.25) is 14.1 Å². The number of allylic oxidation sites excluding steroid dienone is 8. The van der Waals surface area contributed by atoms with Crippen LogP contribution in [0.25, 0.3) is 0 Å². The van der Waals surface area contributed by atoms with Crippen molar-refractivity contribution in [2.45, 2.75) is 277 Å². The Balaban J connectivity index is 3.80. The molecule has 8 nitrogen and oxygen atoms in total. The monoisotopic (exact) mass is 921 g/mol. The van der Waals surface area contributed by atoms with E-state index in [9.17, 15) is 14.2 Å². The van der Waals surface area contributed by atoms with E-state index in [2.05, 4.69) is 67.0 Å². The number of carbonyl (C=O) groups excluding carboxylic acids is 2. The van der Waals surface area contributed by atoms with E-state index < -0.39 is 32.5 Å². The van der Waals surface area contributed by atoms with Gasteiger partial charge in [-0.25, -0.2) is 4.57 Å². The van der Waals surface area contributed by atoms with E-state index in [0.717, 1.165) is 51.4 Å². The van der Waals surface area contributed by atoms with Crippen molar-refractivity contribution in [3.63, 3.8) is 0 Å². The minimum Gasteiger partial charge on any atom is -0.462 e. The summed E-state index contributed by atoms with van der Waals surface area (Å²) in [7, 11) is -4.76. The lowest BCUT2D eigenvalue weighted by molar-refractivity contribution is -0.161. The normalized spacial score (nSPS) is 12.8. The fourth-order valence-electron chi connectivity index (χ4n) is 7.79. The van der Waals surface area contributed by atoms with Crippen molar-refractivity contribution in [3.05, 3.63) is 48.6 Å². The average Bonchev–Trinajstić information content (AvgIpc) is 3.27. The molecule has 0 bridgehead atoms. The molecule has 0 aliphatic rings. The van der Waals surface area contributed by atoms with Crippen molar-refractivity contribution in [3.8, 4) is 0 Å². The van der Waals surface area contributed by atoms with Gasteiger partial charge in [-0.1, -0.05) is 229 Å². The second-order valence-corrected chi connectivity index (χ2v) is 19.4. The molecule has 0 heterocycles. The Kier molecular flexibility index (Phi) is 48.9. The summed E-state index contributed by atoms with van der Waals surface area (Å²) in [6.45, 7) is 3.70. The topological polar surface area (TPSA) is 119 Å². The van der Waals surface area contributed by atoms with Crippen LogP contribution in [0.1, 0.15) is 271 Å². The highest BCUT2D eigenvalue weighted by Gasteiger charge is 2.23. The largest absolute Gasteiger partial charge is 0.469 e. The van der Waals surface area contributed by atoms with Gasteiger partial charge < -0.3 is 19.3 Å². The minimum absolute atomic E-state index is 0.209. The number of esters is 2. The van der Waals surface area contributed by atoms with Gasteiger partial charge in [0.05, 0.1) is 6.61 Å². The molecule has 0 rings (SSSR count). The van der Waals surface area contributed by atoms with Crippen molar-refractivity contribution < 1.29 is 37.9 Å². The third-order valence-corrected chi connectivity index (χ3v) is 12.3. The molecule has 0 fully saturated rings. The first-order chi connectivity index (χ1) is 31.3. The van der Waals surface area contributed by atoms with Gasteiger partial charge in [0.2, 0.25) is 0 Å². The summed E-state index contributed by atoms with van der Waals surface area (Å²) in [5.41, 5.74) is 0. The van der Waals surface area contributed by atoms with Crippen LogP contribution in [0.5, 0.6) is 0 Å². The van der Waals surface area contributed by atoms with Gasteiger partial charge in [0, 0.05) is 12.8 Å². The summed E-state index contributed by atoms with van der Waals surface area (Å²) in [4.78, 5) is 43.2. The quantitative estimate of drug-likeness (QED) is 0.0268. The Morgan fingerprint density at radius 2 is 0.703 bits per heavy atom. The van der Waals surface area contributed by atoms with Gasteiger partial charge >= 0.3 is 19.8 Å². The molecule has 0 saturated heterocycles. The molecule has 0 aromatic carbocycles. The second-order valence-electron chi connectivity index (χ2n) is 18.2. The van der Waals surface area contributed by atoms with Gasteiger partial charge in [-0.05, 0) is 77.0 Å². The molecule has 1 atom stereocenters. The van der Waals surface area contributed by atoms with E-state index in [1.54, 1.807) is 0 Å². The summed E-state index contributed by atoms with van der Waals surface area (Å²) < 4.78 is 26.6. The molecule has 9 heteroatoms. The van der Waals surface area contributed by atoms with Crippen LogP contribution in [-0.4, -0.2) is 41.0 Å². The van der Waals surface area contributed by atoms with Crippen LogP contribution in [0.15, 0.2) is 48.6 Å². The molecule has 64 heavy (non-hydrogen) atoms. The fraction of sp³-hybridized carbons (Fsp3) is 0.818. The number of ether oxygens (including phenoxy) is 2. The summed E-state index contributed by atoms with van der Waals surface area (Å²) in [5.74, 6) is -0.880. The van der Waals surface area contributed by atoms with Crippen LogP contribution < -0.4 is 0 Å². The molecular formula is C55H101O8P. The highest BCUT2D eigenvalue weighted by molar-refractivity contribution is 7.46. The Morgan fingerprint density at radius 1 is 0.406 bits per heavy atom. The maximum Gasteiger partial charge on any atom is 0.469 e. The first kappa shape index (κ1) is 62.0.